The first-order chi connectivity index (χ1) is 9.33. The Labute approximate surface area is 109 Å². The molecule has 98 valence electrons. The van der Waals surface area contributed by atoms with Crippen molar-refractivity contribution in [2.75, 3.05) is 11.9 Å². The number of rotatable bonds is 3. The number of H-pyrrole nitrogens is 1. The first-order valence-electron chi connectivity index (χ1n) is 6.21. The fourth-order valence-electron chi connectivity index (χ4n) is 2.04. The van der Waals surface area contributed by atoms with E-state index in [0.717, 1.165) is 19.4 Å². The van der Waals surface area contributed by atoms with Crippen molar-refractivity contribution in [3.8, 4) is 11.5 Å². The first kappa shape index (κ1) is 11.8. The molecule has 2 aromatic heterocycles. The van der Waals surface area contributed by atoms with Gasteiger partial charge in [-0.05, 0) is 31.5 Å². The number of hydrogen-bond donors (Lipinski definition) is 3. The predicted octanol–water partition coefficient (Wildman–Crippen LogP) is 0.557. The number of carbonyl (C=O) groups excluding carboxylic acids is 1. The van der Waals surface area contributed by atoms with Crippen molar-refractivity contribution in [2.45, 2.75) is 18.9 Å². The fraction of sp³-hybridized carbons (Fsp3) is 0.333. The van der Waals surface area contributed by atoms with Crippen molar-refractivity contribution in [3.05, 3.63) is 24.4 Å². The van der Waals surface area contributed by atoms with Crippen molar-refractivity contribution in [1.82, 2.24) is 25.5 Å². The Hall–Kier alpha value is -2.28. The SMILES string of the molecule is O=C(Nc1n[nH]c(-c2ccccn2)n1)C1CCCN1. The van der Waals surface area contributed by atoms with Crippen LogP contribution in [0.5, 0.6) is 0 Å². The van der Waals surface area contributed by atoms with Crippen LogP contribution in [0, 0.1) is 0 Å². The Bertz CT molecular complexity index is 561. The topological polar surface area (TPSA) is 95.6 Å². The Morgan fingerprint density at radius 1 is 1.42 bits per heavy atom. The van der Waals surface area contributed by atoms with Crippen LogP contribution >= 0.6 is 0 Å². The molecule has 3 heterocycles. The maximum absolute atomic E-state index is 11.9. The monoisotopic (exact) mass is 258 g/mol. The summed E-state index contributed by atoms with van der Waals surface area (Å²) in [7, 11) is 0. The molecule has 19 heavy (non-hydrogen) atoms. The fourth-order valence-corrected chi connectivity index (χ4v) is 2.04. The smallest absolute Gasteiger partial charge is 0.249 e. The quantitative estimate of drug-likeness (QED) is 0.747. The number of pyridine rings is 1. The minimum Gasteiger partial charge on any atom is -0.306 e. The van der Waals surface area contributed by atoms with E-state index in [1.54, 1.807) is 6.20 Å². The van der Waals surface area contributed by atoms with Crippen LogP contribution in [0.3, 0.4) is 0 Å². The van der Waals surface area contributed by atoms with Crippen molar-refractivity contribution in [1.29, 1.82) is 0 Å². The number of nitrogens with zero attached hydrogens (tertiary/aromatic N) is 3. The van der Waals surface area contributed by atoms with Gasteiger partial charge in [-0.3, -0.25) is 20.2 Å². The Morgan fingerprint density at radius 3 is 3.11 bits per heavy atom. The van der Waals surface area contributed by atoms with Gasteiger partial charge in [0.2, 0.25) is 11.9 Å². The van der Waals surface area contributed by atoms with E-state index in [2.05, 4.69) is 30.8 Å². The lowest BCUT2D eigenvalue weighted by molar-refractivity contribution is -0.117. The van der Waals surface area contributed by atoms with Gasteiger partial charge in [-0.1, -0.05) is 6.07 Å². The molecule has 1 atom stereocenters. The molecule has 0 radical (unpaired) electrons. The van der Waals surface area contributed by atoms with Gasteiger partial charge in [0.05, 0.1) is 6.04 Å². The molecule has 1 aliphatic rings. The van der Waals surface area contributed by atoms with Crippen LogP contribution in [-0.2, 0) is 4.79 Å². The molecule has 1 aliphatic heterocycles. The van der Waals surface area contributed by atoms with Crippen LogP contribution in [-0.4, -0.2) is 38.7 Å². The van der Waals surface area contributed by atoms with Crippen molar-refractivity contribution >= 4 is 11.9 Å². The van der Waals surface area contributed by atoms with Crippen LogP contribution in [0.4, 0.5) is 5.95 Å². The zero-order valence-corrected chi connectivity index (χ0v) is 10.3. The Morgan fingerprint density at radius 2 is 2.37 bits per heavy atom. The molecule has 0 spiro atoms. The molecule has 1 fully saturated rings. The number of amides is 1. The van der Waals surface area contributed by atoms with Gasteiger partial charge in [-0.25, -0.2) is 0 Å². The molecule has 1 saturated heterocycles. The van der Waals surface area contributed by atoms with Crippen LogP contribution in [0.25, 0.3) is 11.5 Å². The van der Waals surface area contributed by atoms with Crippen molar-refractivity contribution in [3.63, 3.8) is 0 Å². The highest BCUT2D eigenvalue weighted by Crippen LogP contribution is 2.13. The second-order valence-corrected chi connectivity index (χ2v) is 4.36. The summed E-state index contributed by atoms with van der Waals surface area (Å²) in [5, 5.41) is 12.5. The van der Waals surface area contributed by atoms with Crippen LogP contribution in [0.1, 0.15) is 12.8 Å². The second-order valence-electron chi connectivity index (χ2n) is 4.36. The number of aromatic nitrogens is 4. The highest BCUT2D eigenvalue weighted by atomic mass is 16.2. The minimum absolute atomic E-state index is 0.0935. The zero-order valence-electron chi connectivity index (χ0n) is 10.3. The standard InChI is InChI=1S/C12H14N6O/c19-11(9-5-3-7-14-9)16-12-15-10(17-18-12)8-4-1-2-6-13-8/h1-2,4,6,9,14H,3,5,7H2,(H2,15,16,17,18,19). The van der Waals surface area contributed by atoms with Crippen LogP contribution < -0.4 is 10.6 Å². The summed E-state index contributed by atoms with van der Waals surface area (Å²) >= 11 is 0. The average Bonchev–Trinajstić information content (AvgIpc) is 3.11. The summed E-state index contributed by atoms with van der Waals surface area (Å²) in [5.74, 6) is 0.721. The third-order valence-electron chi connectivity index (χ3n) is 3.00. The summed E-state index contributed by atoms with van der Waals surface area (Å²) in [6, 6.07) is 5.38. The van der Waals surface area contributed by atoms with E-state index in [0.29, 0.717) is 11.5 Å². The first-order valence-corrected chi connectivity index (χ1v) is 6.21. The molecule has 2 aromatic rings. The van der Waals surface area contributed by atoms with E-state index < -0.39 is 0 Å². The molecule has 1 amide bonds. The second kappa shape index (κ2) is 5.15. The van der Waals surface area contributed by atoms with E-state index in [1.165, 1.54) is 0 Å². The lowest BCUT2D eigenvalue weighted by atomic mass is 10.2. The van der Waals surface area contributed by atoms with E-state index >= 15 is 0 Å². The minimum atomic E-state index is -0.142. The number of carbonyl (C=O) groups is 1. The van der Waals surface area contributed by atoms with Crippen LogP contribution in [0.2, 0.25) is 0 Å². The maximum atomic E-state index is 11.9. The molecule has 0 aliphatic carbocycles. The van der Waals surface area contributed by atoms with Gasteiger partial charge in [0.25, 0.3) is 0 Å². The molecule has 7 heteroatoms. The highest BCUT2D eigenvalue weighted by Gasteiger charge is 2.23. The van der Waals surface area contributed by atoms with Gasteiger partial charge in [0.1, 0.15) is 5.69 Å². The molecule has 3 N–H and O–H groups in total. The molecule has 0 bridgehead atoms. The van der Waals surface area contributed by atoms with Gasteiger partial charge in [-0.15, -0.1) is 5.10 Å². The maximum Gasteiger partial charge on any atom is 0.249 e. The Kier molecular flexibility index (Phi) is 3.20. The van der Waals surface area contributed by atoms with E-state index in [9.17, 15) is 4.79 Å². The third-order valence-corrected chi connectivity index (χ3v) is 3.00. The van der Waals surface area contributed by atoms with E-state index in [4.69, 9.17) is 0 Å². The molecular formula is C12H14N6O. The third kappa shape index (κ3) is 2.60. The molecule has 0 aromatic carbocycles. The van der Waals surface area contributed by atoms with Crippen LogP contribution in [0.15, 0.2) is 24.4 Å². The van der Waals surface area contributed by atoms with Gasteiger partial charge >= 0.3 is 0 Å². The summed E-state index contributed by atoms with van der Waals surface area (Å²) in [5.41, 5.74) is 0.689. The number of anilines is 1. The predicted molar refractivity (Wildman–Crippen MR) is 69.3 cm³/mol. The lowest BCUT2D eigenvalue weighted by Crippen LogP contribution is -2.35. The highest BCUT2D eigenvalue weighted by molar-refractivity contribution is 5.93. The Balaban J connectivity index is 1.70. The summed E-state index contributed by atoms with van der Waals surface area (Å²) < 4.78 is 0. The summed E-state index contributed by atoms with van der Waals surface area (Å²) in [6.45, 7) is 0.880. The molecule has 7 nitrogen and oxygen atoms in total. The molecule has 3 rings (SSSR count). The molecule has 0 saturated carbocycles. The molecular weight excluding hydrogens is 244 g/mol. The molecule has 1 unspecified atom stereocenters. The van der Waals surface area contributed by atoms with E-state index in [1.807, 2.05) is 18.2 Å². The zero-order chi connectivity index (χ0) is 13.1. The van der Waals surface area contributed by atoms with Gasteiger partial charge < -0.3 is 5.32 Å². The summed E-state index contributed by atoms with van der Waals surface area (Å²) in [6.07, 6.45) is 3.55. The van der Waals surface area contributed by atoms with Gasteiger partial charge in [0, 0.05) is 6.20 Å². The van der Waals surface area contributed by atoms with Crippen molar-refractivity contribution in [2.24, 2.45) is 0 Å². The van der Waals surface area contributed by atoms with Gasteiger partial charge in [0.15, 0.2) is 5.82 Å². The number of aromatic amines is 1. The van der Waals surface area contributed by atoms with E-state index in [-0.39, 0.29) is 17.9 Å². The summed E-state index contributed by atoms with van der Waals surface area (Å²) in [4.78, 5) is 20.2. The average molecular weight is 258 g/mol. The lowest BCUT2D eigenvalue weighted by Gasteiger charge is -2.07. The van der Waals surface area contributed by atoms with Crippen molar-refractivity contribution < 1.29 is 4.79 Å². The normalized spacial score (nSPS) is 18.4. The number of hydrogen-bond acceptors (Lipinski definition) is 5. The largest absolute Gasteiger partial charge is 0.306 e. The van der Waals surface area contributed by atoms with Gasteiger partial charge in [-0.2, -0.15) is 4.98 Å². The number of nitrogens with one attached hydrogen (secondary N) is 3.